The molecule has 0 aromatic carbocycles. The van der Waals surface area contributed by atoms with Gasteiger partial charge >= 0.3 is 0 Å². The van der Waals surface area contributed by atoms with Crippen LogP contribution in [-0.4, -0.2) is 22.0 Å². The molecule has 1 heterocycles. The van der Waals surface area contributed by atoms with Gasteiger partial charge in [0.2, 0.25) is 0 Å². The Bertz CT molecular complexity index is 344. The second-order valence-corrected chi connectivity index (χ2v) is 4.36. The average Bonchev–Trinajstić information content (AvgIpc) is 3.00. The van der Waals surface area contributed by atoms with E-state index >= 15 is 0 Å². The second-order valence-electron chi connectivity index (χ2n) is 4.36. The number of hydrogen-bond donors (Lipinski definition) is 1. The predicted molar refractivity (Wildman–Crippen MR) is 56.6 cm³/mol. The molecule has 15 heavy (non-hydrogen) atoms. The molecule has 4 nitrogen and oxygen atoms in total. The smallest absolute Gasteiger partial charge is 0.162 e. The SMILES string of the molecule is COc1cnn(C)c1C(O)C(C)C1CC1. The lowest BCUT2D eigenvalue weighted by Crippen LogP contribution is -2.15. The van der Waals surface area contributed by atoms with Crippen molar-refractivity contribution in [2.45, 2.75) is 25.9 Å². The van der Waals surface area contributed by atoms with Gasteiger partial charge < -0.3 is 9.84 Å². The van der Waals surface area contributed by atoms with Crippen LogP contribution >= 0.6 is 0 Å². The molecule has 0 aliphatic heterocycles. The molecule has 1 aliphatic carbocycles. The molecular weight excluding hydrogens is 192 g/mol. The minimum absolute atomic E-state index is 0.286. The highest BCUT2D eigenvalue weighted by molar-refractivity contribution is 5.27. The van der Waals surface area contributed by atoms with Crippen molar-refractivity contribution in [3.05, 3.63) is 11.9 Å². The van der Waals surface area contributed by atoms with Crippen molar-refractivity contribution in [1.29, 1.82) is 0 Å². The van der Waals surface area contributed by atoms with Gasteiger partial charge in [-0.25, -0.2) is 0 Å². The molecule has 1 aliphatic rings. The second kappa shape index (κ2) is 3.85. The maximum Gasteiger partial charge on any atom is 0.162 e. The highest BCUT2D eigenvalue weighted by Crippen LogP contribution is 2.43. The number of aliphatic hydroxyl groups is 1. The average molecular weight is 210 g/mol. The molecule has 0 spiro atoms. The molecule has 0 saturated heterocycles. The standard InChI is InChI=1S/C11H18N2O2/c1-7(8-4-5-8)11(14)10-9(15-3)6-12-13(10)2/h6-8,11,14H,4-5H2,1-3H3. The first-order valence-corrected chi connectivity index (χ1v) is 5.39. The highest BCUT2D eigenvalue weighted by Gasteiger charge is 2.35. The number of aliphatic hydroxyl groups excluding tert-OH is 1. The summed E-state index contributed by atoms with van der Waals surface area (Å²) in [4.78, 5) is 0. The number of aryl methyl sites for hydroxylation is 1. The predicted octanol–water partition coefficient (Wildman–Crippen LogP) is 1.51. The van der Waals surface area contributed by atoms with Crippen molar-refractivity contribution in [1.82, 2.24) is 9.78 Å². The molecule has 1 aromatic rings. The van der Waals surface area contributed by atoms with Crippen molar-refractivity contribution >= 4 is 0 Å². The number of rotatable bonds is 4. The van der Waals surface area contributed by atoms with Gasteiger partial charge in [-0.3, -0.25) is 4.68 Å². The fourth-order valence-electron chi connectivity index (χ4n) is 2.05. The zero-order chi connectivity index (χ0) is 11.0. The van der Waals surface area contributed by atoms with Crippen molar-refractivity contribution in [2.75, 3.05) is 7.11 Å². The Morgan fingerprint density at radius 3 is 2.80 bits per heavy atom. The van der Waals surface area contributed by atoms with Crippen molar-refractivity contribution in [3.8, 4) is 5.75 Å². The van der Waals surface area contributed by atoms with E-state index in [0.717, 1.165) is 5.69 Å². The monoisotopic (exact) mass is 210 g/mol. The first-order chi connectivity index (χ1) is 7.15. The van der Waals surface area contributed by atoms with Crippen LogP contribution in [0.1, 0.15) is 31.6 Å². The van der Waals surface area contributed by atoms with Crippen LogP contribution in [0.25, 0.3) is 0 Å². The minimum atomic E-state index is -0.472. The molecule has 0 bridgehead atoms. The van der Waals surface area contributed by atoms with E-state index in [1.165, 1.54) is 12.8 Å². The molecule has 2 unspecified atom stereocenters. The van der Waals surface area contributed by atoms with E-state index in [1.54, 1.807) is 18.0 Å². The summed E-state index contributed by atoms with van der Waals surface area (Å²) in [7, 11) is 3.44. The van der Waals surface area contributed by atoms with Crippen LogP contribution in [0.4, 0.5) is 0 Å². The summed E-state index contributed by atoms with van der Waals surface area (Å²) in [6.07, 6.45) is 3.65. The zero-order valence-corrected chi connectivity index (χ0v) is 9.47. The number of aromatic nitrogens is 2. The van der Waals surface area contributed by atoms with E-state index in [0.29, 0.717) is 11.7 Å². The fourth-order valence-corrected chi connectivity index (χ4v) is 2.05. The molecule has 1 N–H and O–H groups in total. The molecule has 2 rings (SSSR count). The zero-order valence-electron chi connectivity index (χ0n) is 9.47. The molecule has 4 heteroatoms. The van der Waals surface area contributed by atoms with E-state index in [2.05, 4.69) is 12.0 Å². The van der Waals surface area contributed by atoms with Crippen molar-refractivity contribution in [3.63, 3.8) is 0 Å². The number of methoxy groups -OCH3 is 1. The third-order valence-electron chi connectivity index (χ3n) is 3.31. The number of hydrogen-bond acceptors (Lipinski definition) is 3. The Kier molecular flexibility index (Phi) is 2.69. The lowest BCUT2D eigenvalue weighted by Gasteiger charge is -2.19. The van der Waals surface area contributed by atoms with Crippen LogP contribution in [0, 0.1) is 11.8 Å². The van der Waals surface area contributed by atoms with Gasteiger partial charge in [0.1, 0.15) is 11.8 Å². The largest absolute Gasteiger partial charge is 0.493 e. The van der Waals surface area contributed by atoms with Gasteiger partial charge in [0.05, 0.1) is 13.3 Å². The topological polar surface area (TPSA) is 47.3 Å². The van der Waals surface area contributed by atoms with Crippen LogP contribution in [-0.2, 0) is 7.05 Å². The Labute approximate surface area is 89.9 Å². The van der Waals surface area contributed by atoms with E-state index in [4.69, 9.17) is 4.74 Å². The number of nitrogens with zero attached hydrogens (tertiary/aromatic N) is 2. The van der Waals surface area contributed by atoms with Crippen LogP contribution in [0.5, 0.6) is 5.75 Å². The van der Waals surface area contributed by atoms with E-state index < -0.39 is 6.10 Å². The van der Waals surface area contributed by atoms with Gasteiger partial charge in [-0.1, -0.05) is 6.92 Å². The molecule has 0 amide bonds. The highest BCUT2D eigenvalue weighted by atomic mass is 16.5. The third-order valence-corrected chi connectivity index (χ3v) is 3.31. The summed E-state index contributed by atoms with van der Waals surface area (Å²) in [5.41, 5.74) is 0.789. The molecule has 1 aromatic heterocycles. The summed E-state index contributed by atoms with van der Waals surface area (Å²) < 4.78 is 6.89. The maximum atomic E-state index is 10.2. The number of ether oxygens (including phenoxy) is 1. The first kappa shape index (κ1) is 10.5. The van der Waals surface area contributed by atoms with Gasteiger partial charge in [-0.2, -0.15) is 5.10 Å². The molecule has 84 valence electrons. The summed E-state index contributed by atoms with van der Waals surface area (Å²) in [5.74, 6) is 1.63. The first-order valence-electron chi connectivity index (χ1n) is 5.39. The lowest BCUT2D eigenvalue weighted by atomic mass is 9.96. The Morgan fingerprint density at radius 2 is 2.27 bits per heavy atom. The summed E-state index contributed by atoms with van der Waals surface area (Å²) in [6.45, 7) is 2.09. The van der Waals surface area contributed by atoms with Crippen LogP contribution in [0.2, 0.25) is 0 Å². The van der Waals surface area contributed by atoms with E-state index in [1.807, 2.05) is 7.05 Å². The minimum Gasteiger partial charge on any atom is -0.493 e. The van der Waals surface area contributed by atoms with Crippen molar-refractivity contribution in [2.24, 2.45) is 18.9 Å². The maximum absolute atomic E-state index is 10.2. The quantitative estimate of drug-likeness (QED) is 0.819. The van der Waals surface area contributed by atoms with Crippen LogP contribution < -0.4 is 4.74 Å². The Morgan fingerprint density at radius 1 is 1.60 bits per heavy atom. The van der Waals surface area contributed by atoms with Crippen molar-refractivity contribution < 1.29 is 9.84 Å². The normalized spacial score (nSPS) is 20.0. The third kappa shape index (κ3) is 1.86. The van der Waals surface area contributed by atoms with Gasteiger partial charge in [0.25, 0.3) is 0 Å². The fraction of sp³-hybridized carbons (Fsp3) is 0.727. The Hall–Kier alpha value is -1.03. The van der Waals surface area contributed by atoms with Gasteiger partial charge in [-0.15, -0.1) is 0 Å². The van der Waals surface area contributed by atoms with Crippen LogP contribution in [0.3, 0.4) is 0 Å². The van der Waals surface area contributed by atoms with E-state index in [-0.39, 0.29) is 5.92 Å². The molecule has 1 fully saturated rings. The molecule has 0 radical (unpaired) electrons. The summed E-state index contributed by atoms with van der Waals surface area (Å²) in [5, 5.41) is 14.3. The molecular formula is C11H18N2O2. The lowest BCUT2D eigenvalue weighted by molar-refractivity contribution is 0.0948. The summed E-state index contributed by atoms with van der Waals surface area (Å²) >= 11 is 0. The van der Waals surface area contributed by atoms with Gasteiger partial charge in [0, 0.05) is 7.05 Å². The van der Waals surface area contributed by atoms with Crippen LogP contribution in [0.15, 0.2) is 6.20 Å². The molecule has 1 saturated carbocycles. The Balaban J connectivity index is 2.22. The summed E-state index contributed by atoms with van der Waals surface area (Å²) in [6, 6.07) is 0. The van der Waals surface area contributed by atoms with Gasteiger partial charge in [-0.05, 0) is 24.7 Å². The van der Waals surface area contributed by atoms with E-state index in [9.17, 15) is 5.11 Å². The molecule has 2 atom stereocenters. The van der Waals surface area contributed by atoms with Gasteiger partial charge in [0.15, 0.2) is 5.75 Å².